The molecule has 0 bridgehead atoms. The maximum absolute atomic E-state index is 5.03. The molecule has 0 unspecified atom stereocenters. The first-order valence-electron chi connectivity index (χ1n) is 13.1. The molecule has 4 nitrogen and oxygen atoms in total. The first-order chi connectivity index (χ1) is 19.3. The number of hydrogen-bond acceptors (Lipinski definition) is 3. The summed E-state index contributed by atoms with van der Waals surface area (Å²) in [6.07, 6.45) is 0. The van der Waals surface area contributed by atoms with E-state index in [9.17, 15) is 0 Å². The molecular weight excluding hydrogens is 476 g/mol. The second kappa shape index (κ2) is 8.61. The lowest BCUT2D eigenvalue weighted by Gasteiger charge is -2.12. The fourth-order valence-corrected chi connectivity index (χ4v) is 5.56. The van der Waals surface area contributed by atoms with Gasteiger partial charge in [0.2, 0.25) is 0 Å². The Balaban J connectivity index is 1.30. The number of hydrogen-bond donors (Lipinski definition) is 0. The summed E-state index contributed by atoms with van der Waals surface area (Å²) in [7, 11) is 0. The highest BCUT2D eigenvalue weighted by molar-refractivity contribution is 6.01. The molecule has 0 spiro atoms. The van der Waals surface area contributed by atoms with Crippen molar-refractivity contribution in [2.45, 2.75) is 0 Å². The number of fused-ring (bicyclic) bond motifs is 6. The quantitative estimate of drug-likeness (QED) is 0.245. The summed E-state index contributed by atoms with van der Waals surface area (Å²) >= 11 is 0. The minimum absolute atomic E-state index is 0.733. The van der Waals surface area contributed by atoms with Crippen LogP contribution in [0.15, 0.2) is 133 Å². The Hall–Kier alpha value is -5.35. The normalized spacial score (nSPS) is 11.6. The van der Waals surface area contributed by atoms with E-state index < -0.39 is 0 Å². The fraction of sp³-hybridized carbons (Fsp3) is 0. The van der Waals surface area contributed by atoms with Crippen molar-refractivity contribution < 1.29 is 0 Å². The largest absolute Gasteiger partial charge is 0.292 e. The molecule has 39 heavy (non-hydrogen) atoms. The third-order valence-electron chi connectivity index (χ3n) is 7.40. The van der Waals surface area contributed by atoms with Gasteiger partial charge in [-0.15, -0.1) is 0 Å². The van der Waals surface area contributed by atoms with Crippen molar-refractivity contribution in [1.29, 1.82) is 0 Å². The molecule has 3 heterocycles. The predicted octanol–water partition coefficient (Wildman–Crippen LogP) is 8.58. The van der Waals surface area contributed by atoms with Gasteiger partial charge < -0.3 is 0 Å². The van der Waals surface area contributed by atoms with Crippen molar-refractivity contribution in [1.82, 2.24) is 19.4 Å². The Morgan fingerprint density at radius 3 is 1.90 bits per heavy atom. The van der Waals surface area contributed by atoms with Gasteiger partial charge in [-0.3, -0.25) is 4.40 Å². The van der Waals surface area contributed by atoms with Gasteiger partial charge in [0.15, 0.2) is 5.82 Å². The Labute approximate surface area is 224 Å². The lowest BCUT2D eigenvalue weighted by Crippen LogP contribution is -1.95. The predicted molar refractivity (Wildman–Crippen MR) is 160 cm³/mol. The van der Waals surface area contributed by atoms with Crippen LogP contribution in [0.25, 0.3) is 72.3 Å². The highest BCUT2D eigenvalue weighted by atomic mass is 15.0. The third kappa shape index (κ3) is 3.50. The fourth-order valence-electron chi connectivity index (χ4n) is 5.56. The van der Waals surface area contributed by atoms with Crippen molar-refractivity contribution in [3.63, 3.8) is 0 Å². The van der Waals surface area contributed by atoms with Gasteiger partial charge >= 0.3 is 0 Å². The van der Waals surface area contributed by atoms with Crippen LogP contribution >= 0.6 is 0 Å². The number of aromatic nitrogens is 4. The molecule has 0 saturated carbocycles. The Morgan fingerprint density at radius 1 is 0.436 bits per heavy atom. The summed E-state index contributed by atoms with van der Waals surface area (Å²) < 4.78 is 2.25. The zero-order valence-corrected chi connectivity index (χ0v) is 21.0. The van der Waals surface area contributed by atoms with E-state index in [1.807, 2.05) is 36.4 Å². The first kappa shape index (κ1) is 21.7. The van der Waals surface area contributed by atoms with Gasteiger partial charge in [-0.05, 0) is 41.5 Å². The first-order valence-corrected chi connectivity index (χ1v) is 13.1. The lowest BCUT2D eigenvalue weighted by atomic mass is 9.98. The average molecular weight is 499 g/mol. The van der Waals surface area contributed by atoms with E-state index in [4.69, 9.17) is 15.0 Å². The Kier molecular flexibility index (Phi) is 4.79. The topological polar surface area (TPSA) is 43.1 Å². The van der Waals surface area contributed by atoms with E-state index in [0.29, 0.717) is 0 Å². The van der Waals surface area contributed by atoms with Gasteiger partial charge in [-0.2, -0.15) is 0 Å². The van der Waals surface area contributed by atoms with Crippen LogP contribution < -0.4 is 0 Å². The van der Waals surface area contributed by atoms with Crippen LogP contribution in [0.4, 0.5) is 0 Å². The molecule has 182 valence electrons. The standard InChI is InChI=1S/C35H22N4/c1-2-10-25(11-3-1)35-37-29-14-6-4-13-27(29)34(38-35)24-20-18-23(19-21-24)28-22-33-36-30-15-7-9-17-32(30)39(33)31-16-8-5-12-26(28)31/h1-22H. The van der Waals surface area contributed by atoms with Gasteiger partial charge in [-0.25, -0.2) is 15.0 Å². The van der Waals surface area contributed by atoms with Crippen LogP contribution in [0.3, 0.4) is 0 Å². The molecule has 0 atom stereocenters. The molecule has 0 saturated heterocycles. The van der Waals surface area contributed by atoms with Gasteiger partial charge in [-0.1, -0.05) is 103 Å². The molecule has 0 fully saturated rings. The number of imidazole rings is 1. The number of para-hydroxylation sites is 4. The lowest BCUT2D eigenvalue weighted by molar-refractivity contribution is 1.23. The summed E-state index contributed by atoms with van der Waals surface area (Å²) in [5.74, 6) is 0.733. The van der Waals surface area contributed by atoms with Crippen molar-refractivity contribution in [3.8, 4) is 33.8 Å². The van der Waals surface area contributed by atoms with E-state index in [0.717, 1.165) is 66.9 Å². The van der Waals surface area contributed by atoms with E-state index >= 15 is 0 Å². The molecule has 0 radical (unpaired) electrons. The number of pyridine rings is 1. The van der Waals surface area contributed by atoms with Crippen molar-refractivity contribution in [2.75, 3.05) is 0 Å². The van der Waals surface area contributed by atoms with Crippen molar-refractivity contribution >= 4 is 38.5 Å². The SMILES string of the molecule is c1ccc(-c2nc(-c3ccc(-c4cc5nc6ccccc6n5c5ccccc45)cc3)c3ccccc3n2)cc1. The van der Waals surface area contributed by atoms with Gasteiger partial charge in [0.1, 0.15) is 5.65 Å². The highest BCUT2D eigenvalue weighted by Crippen LogP contribution is 2.35. The van der Waals surface area contributed by atoms with E-state index in [2.05, 4.69) is 101 Å². The van der Waals surface area contributed by atoms with Crippen LogP contribution in [0, 0.1) is 0 Å². The zero-order valence-electron chi connectivity index (χ0n) is 21.0. The van der Waals surface area contributed by atoms with Crippen molar-refractivity contribution in [3.05, 3.63) is 133 Å². The third-order valence-corrected chi connectivity index (χ3v) is 7.40. The molecule has 0 aliphatic carbocycles. The molecule has 0 aliphatic rings. The van der Waals surface area contributed by atoms with Gasteiger partial charge in [0.25, 0.3) is 0 Å². The minimum atomic E-state index is 0.733. The molecule has 8 aromatic rings. The molecule has 4 heteroatoms. The van der Waals surface area contributed by atoms with E-state index in [1.54, 1.807) is 0 Å². The van der Waals surface area contributed by atoms with Crippen molar-refractivity contribution in [2.24, 2.45) is 0 Å². The average Bonchev–Trinajstić information content (AvgIpc) is 3.39. The monoisotopic (exact) mass is 498 g/mol. The molecule has 3 aromatic heterocycles. The summed E-state index contributed by atoms with van der Waals surface area (Å²) in [5.41, 5.74) is 10.5. The zero-order chi connectivity index (χ0) is 25.8. The summed E-state index contributed by atoms with van der Waals surface area (Å²) in [5, 5.41) is 2.24. The number of nitrogens with zero attached hydrogens (tertiary/aromatic N) is 4. The summed E-state index contributed by atoms with van der Waals surface area (Å²) in [6.45, 7) is 0. The van der Waals surface area contributed by atoms with Crippen LogP contribution in [-0.4, -0.2) is 19.4 Å². The van der Waals surface area contributed by atoms with E-state index in [1.165, 1.54) is 5.39 Å². The highest BCUT2D eigenvalue weighted by Gasteiger charge is 2.14. The second-order valence-corrected chi connectivity index (χ2v) is 9.73. The number of benzene rings is 5. The minimum Gasteiger partial charge on any atom is -0.292 e. The molecule has 0 N–H and O–H groups in total. The van der Waals surface area contributed by atoms with Gasteiger partial charge in [0.05, 0.1) is 27.8 Å². The Bertz CT molecular complexity index is 2160. The molecule has 5 aromatic carbocycles. The van der Waals surface area contributed by atoms with Crippen LogP contribution in [0.5, 0.6) is 0 Å². The summed E-state index contributed by atoms with van der Waals surface area (Å²) in [4.78, 5) is 14.8. The number of rotatable bonds is 3. The second-order valence-electron chi connectivity index (χ2n) is 9.73. The van der Waals surface area contributed by atoms with E-state index in [-0.39, 0.29) is 0 Å². The maximum atomic E-state index is 5.03. The van der Waals surface area contributed by atoms with Crippen LogP contribution in [-0.2, 0) is 0 Å². The Morgan fingerprint density at radius 2 is 1.08 bits per heavy atom. The van der Waals surface area contributed by atoms with Gasteiger partial charge in [0, 0.05) is 21.9 Å². The maximum Gasteiger partial charge on any atom is 0.160 e. The summed E-state index contributed by atoms with van der Waals surface area (Å²) in [6, 6.07) is 46.1. The molecule has 8 rings (SSSR count). The van der Waals surface area contributed by atoms with Crippen LogP contribution in [0.2, 0.25) is 0 Å². The smallest absolute Gasteiger partial charge is 0.160 e. The molecular formula is C35H22N4. The molecule has 0 aliphatic heterocycles. The molecule has 0 amide bonds. The van der Waals surface area contributed by atoms with Crippen LogP contribution in [0.1, 0.15) is 0 Å².